The van der Waals surface area contributed by atoms with Gasteiger partial charge in [-0.25, -0.2) is 4.68 Å². The Morgan fingerprint density at radius 3 is 2.10 bits per heavy atom. The van der Waals surface area contributed by atoms with E-state index in [9.17, 15) is 10.1 Å². The molecule has 1 amide bonds. The number of rotatable bonds is 4. The van der Waals surface area contributed by atoms with Gasteiger partial charge in [0.1, 0.15) is 11.6 Å². The molecule has 5 heteroatoms. The van der Waals surface area contributed by atoms with Crippen LogP contribution < -0.4 is 5.32 Å². The number of carbonyl (C=O) groups excluding carboxylic acids is 1. The van der Waals surface area contributed by atoms with Crippen LogP contribution in [0.25, 0.3) is 16.9 Å². The predicted octanol–water partition coefficient (Wildman–Crippen LogP) is 5.28. The molecule has 0 aliphatic heterocycles. The first-order valence-electron chi connectivity index (χ1n) is 9.60. The van der Waals surface area contributed by atoms with Crippen LogP contribution in [0.4, 0.5) is 5.69 Å². The highest BCUT2D eigenvalue weighted by atomic mass is 16.2. The molecule has 0 bridgehead atoms. The van der Waals surface area contributed by atoms with E-state index in [2.05, 4.69) is 16.5 Å². The normalized spacial score (nSPS) is 10.4. The Balaban J connectivity index is 1.85. The van der Waals surface area contributed by atoms with E-state index in [0.717, 1.165) is 22.4 Å². The molecule has 5 nitrogen and oxygen atoms in total. The van der Waals surface area contributed by atoms with Gasteiger partial charge in [0.25, 0.3) is 5.91 Å². The lowest BCUT2D eigenvalue weighted by molar-refractivity contribution is 0.102. The van der Waals surface area contributed by atoms with Gasteiger partial charge in [0.2, 0.25) is 0 Å². The first kappa shape index (κ1) is 19.2. The molecule has 4 aromatic rings. The molecule has 3 aromatic carbocycles. The third-order valence-corrected chi connectivity index (χ3v) is 4.85. The van der Waals surface area contributed by atoms with Crippen molar-refractivity contribution in [3.05, 3.63) is 101 Å². The van der Waals surface area contributed by atoms with Crippen LogP contribution in [0.3, 0.4) is 0 Å². The summed E-state index contributed by atoms with van der Waals surface area (Å²) in [6.07, 6.45) is 0. The molecule has 0 saturated carbocycles. The Hall–Kier alpha value is -4.17. The fourth-order valence-electron chi connectivity index (χ4n) is 3.25. The van der Waals surface area contributed by atoms with Gasteiger partial charge in [-0.3, -0.25) is 4.79 Å². The zero-order chi connectivity index (χ0) is 21.1. The number of amides is 1. The lowest BCUT2D eigenvalue weighted by atomic mass is 10.1. The second kappa shape index (κ2) is 8.06. The maximum absolute atomic E-state index is 13.0. The van der Waals surface area contributed by atoms with E-state index in [1.165, 1.54) is 0 Å². The van der Waals surface area contributed by atoms with Gasteiger partial charge in [-0.05, 0) is 38.1 Å². The second-order valence-corrected chi connectivity index (χ2v) is 7.12. The van der Waals surface area contributed by atoms with Gasteiger partial charge >= 0.3 is 0 Å². The minimum absolute atomic E-state index is 0.0949. The van der Waals surface area contributed by atoms with Crippen molar-refractivity contribution in [3.63, 3.8) is 0 Å². The van der Waals surface area contributed by atoms with Crippen LogP contribution in [0.2, 0.25) is 0 Å². The highest BCUT2D eigenvalue weighted by molar-refractivity contribution is 6.05. The summed E-state index contributed by atoms with van der Waals surface area (Å²) >= 11 is 0. The van der Waals surface area contributed by atoms with Crippen molar-refractivity contribution in [3.8, 4) is 23.0 Å². The number of hydrogen-bond acceptors (Lipinski definition) is 3. The third-order valence-electron chi connectivity index (χ3n) is 4.85. The zero-order valence-corrected chi connectivity index (χ0v) is 16.8. The van der Waals surface area contributed by atoms with E-state index < -0.39 is 5.91 Å². The Kier molecular flexibility index (Phi) is 5.15. The number of nitriles is 1. The van der Waals surface area contributed by atoms with Crippen molar-refractivity contribution >= 4 is 11.6 Å². The van der Waals surface area contributed by atoms with Gasteiger partial charge < -0.3 is 5.32 Å². The summed E-state index contributed by atoms with van der Waals surface area (Å²) < 4.78 is 1.66. The van der Waals surface area contributed by atoms with Gasteiger partial charge in [-0.2, -0.15) is 10.4 Å². The fraction of sp³-hybridized carbons (Fsp3) is 0.0800. The van der Waals surface area contributed by atoms with E-state index in [-0.39, 0.29) is 11.3 Å². The van der Waals surface area contributed by atoms with Crippen LogP contribution in [0.5, 0.6) is 0 Å². The number of nitrogens with one attached hydrogen (secondary N) is 1. The molecule has 0 atom stereocenters. The summed E-state index contributed by atoms with van der Waals surface area (Å²) in [6, 6.07) is 27.0. The number of aromatic nitrogens is 2. The molecule has 4 rings (SSSR count). The average molecular weight is 392 g/mol. The topological polar surface area (TPSA) is 70.7 Å². The quantitative estimate of drug-likeness (QED) is 0.514. The van der Waals surface area contributed by atoms with Crippen LogP contribution in [0, 0.1) is 25.2 Å². The average Bonchev–Trinajstić information content (AvgIpc) is 3.16. The van der Waals surface area contributed by atoms with Crippen LogP contribution in [0.1, 0.15) is 27.2 Å². The Labute approximate surface area is 175 Å². The van der Waals surface area contributed by atoms with Crippen molar-refractivity contribution in [1.29, 1.82) is 5.26 Å². The molecule has 0 unspecified atom stereocenters. The molecule has 0 aliphatic rings. The number of anilines is 1. The lowest BCUT2D eigenvalue weighted by Crippen LogP contribution is -2.14. The standard InChI is InChI=1S/C25H20N4O/c1-17-8-12-20(13-9-17)27-25(30)23-22(16-26)24(19-6-4-3-5-7-19)29(28-23)21-14-10-18(2)11-15-21/h3-15H,1-2H3,(H,27,30). The van der Waals surface area contributed by atoms with Gasteiger partial charge in [0.15, 0.2) is 5.69 Å². The molecule has 30 heavy (non-hydrogen) atoms. The van der Waals surface area contributed by atoms with E-state index in [1.807, 2.05) is 92.7 Å². The van der Waals surface area contributed by atoms with Crippen molar-refractivity contribution in [2.24, 2.45) is 0 Å². The van der Waals surface area contributed by atoms with E-state index in [1.54, 1.807) is 4.68 Å². The summed E-state index contributed by atoms with van der Waals surface area (Å²) in [4.78, 5) is 13.0. The highest BCUT2D eigenvalue weighted by Crippen LogP contribution is 2.29. The molecule has 146 valence electrons. The predicted molar refractivity (Wildman–Crippen MR) is 118 cm³/mol. The molecule has 1 heterocycles. The smallest absolute Gasteiger partial charge is 0.277 e. The van der Waals surface area contributed by atoms with Crippen molar-refractivity contribution in [2.45, 2.75) is 13.8 Å². The van der Waals surface area contributed by atoms with Crippen LogP contribution in [-0.2, 0) is 0 Å². The van der Waals surface area contributed by atoms with Crippen molar-refractivity contribution in [2.75, 3.05) is 5.32 Å². The molecule has 0 fully saturated rings. The van der Waals surface area contributed by atoms with Crippen molar-refractivity contribution < 1.29 is 4.79 Å². The van der Waals surface area contributed by atoms with Gasteiger partial charge in [0.05, 0.1) is 11.4 Å². The summed E-state index contributed by atoms with van der Waals surface area (Å²) in [7, 11) is 0. The maximum Gasteiger partial charge on any atom is 0.277 e. The summed E-state index contributed by atoms with van der Waals surface area (Å²) in [5.74, 6) is -0.418. The van der Waals surface area contributed by atoms with E-state index in [4.69, 9.17) is 0 Å². The second-order valence-electron chi connectivity index (χ2n) is 7.12. The molecule has 1 N–H and O–H groups in total. The monoisotopic (exact) mass is 392 g/mol. The van der Waals surface area contributed by atoms with Gasteiger partial charge in [-0.1, -0.05) is 65.7 Å². The molecule has 0 aliphatic carbocycles. The van der Waals surface area contributed by atoms with Gasteiger partial charge in [0, 0.05) is 11.3 Å². The number of carbonyl (C=O) groups is 1. The minimum atomic E-state index is -0.418. The van der Waals surface area contributed by atoms with Gasteiger partial charge in [-0.15, -0.1) is 0 Å². The molecule has 1 aromatic heterocycles. The number of aryl methyl sites for hydroxylation is 2. The number of benzene rings is 3. The van der Waals surface area contributed by atoms with E-state index in [0.29, 0.717) is 11.4 Å². The third kappa shape index (κ3) is 3.71. The lowest BCUT2D eigenvalue weighted by Gasteiger charge is -2.08. The fourth-order valence-corrected chi connectivity index (χ4v) is 3.25. The summed E-state index contributed by atoms with van der Waals surface area (Å²) in [5, 5.41) is 17.3. The first-order chi connectivity index (χ1) is 14.6. The van der Waals surface area contributed by atoms with Crippen molar-refractivity contribution in [1.82, 2.24) is 9.78 Å². The van der Waals surface area contributed by atoms with Crippen LogP contribution in [-0.4, -0.2) is 15.7 Å². The largest absolute Gasteiger partial charge is 0.321 e. The Morgan fingerprint density at radius 1 is 0.900 bits per heavy atom. The van der Waals surface area contributed by atoms with Crippen LogP contribution in [0.15, 0.2) is 78.9 Å². The number of hydrogen-bond donors (Lipinski definition) is 1. The zero-order valence-electron chi connectivity index (χ0n) is 16.8. The van der Waals surface area contributed by atoms with E-state index >= 15 is 0 Å². The maximum atomic E-state index is 13.0. The molecular weight excluding hydrogens is 372 g/mol. The Morgan fingerprint density at radius 2 is 1.50 bits per heavy atom. The highest BCUT2D eigenvalue weighted by Gasteiger charge is 2.25. The summed E-state index contributed by atoms with van der Waals surface area (Å²) in [6.45, 7) is 3.99. The molecule has 0 saturated heterocycles. The first-order valence-corrected chi connectivity index (χ1v) is 9.60. The molecular formula is C25H20N4O. The van der Waals surface area contributed by atoms with Crippen LogP contribution >= 0.6 is 0 Å². The summed E-state index contributed by atoms with van der Waals surface area (Å²) in [5.41, 5.74) is 5.40. The SMILES string of the molecule is Cc1ccc(NC(=O)c2nn(-c3ccc(C)cc3)c(-c3ccccc3)c2C#N)cc1. The number of nitrogens with zero attached hydrogens (tertiary/aromatic N) is 3. The Bertz CT molecular complexity index is 1230. The molecule has 0 spiro atoms. The minimum Gasteiger partial charge on any atom is -0.321 e. The molecule has 0 radical (unpaired) electrons.